The first-order chi connectivity index (χ1) is 15.8. The molecule has 4 rings (SSSR count). The van der Waals surface area contributed by atoms with Crippen LogP contribution >= 0.6 is 22.6 Å². The Bertz CT molecular complexity index is 1210. The molecule has 0 saturated carbocycles. The van der Waals surface area contributed by atoms with E-state index in [4.69, 9.17) is 5.84 Å². The highest BCUT2D eigenvalue weighted by atomic mass is 127. The fraction of sp³-hybridized carbons (Fsp3) is 0.154. The third kappa shape index (κ3) is 4.94. The van der Waals surface area contributed by atoms with Crippen LogP contribution in [0, 0.1) is 6.92 Å². The summed E-state index contributed by atoms with van der Waals surface area (Å²) >= 11 is 1.76. The zero-order chi connectivity index (χ0) is 23.5. The first-order valence-corrected chi connectivity index (χ1v) is 11.8. The van der Waals surface area contributed by atoms with Crippen molar-refractivity contribution in [2.75, 3.05) is 16.5 Å². The summed E-state index contributed by atoms with van der Waals surface area (Å²) in [6, 6.07) is 23.1. The third-order valence-electron chi connectivity index (χ3n) is 5.66. The quantitative estimate of drug-likeness (QED) is 0.114. The lowest BCUT2D eigenvalue weighted by Crippen LogP contribution is -2.41. The van der Waals surface area contributed by atoms with Gasteiger partial charge in [0, 0.05) is 23.5 Å². The summed E-state index contributed by atoms with van der Waals surface area (Å²) in [6.07, 6.45) is 2.50. The van der Waals surface area contributed by atoms with Crippen LogP contribution < -0.4 is 15.8 Å². The van der Waals surface area contributed by atoms with Crippen molar-refractivity contribution in [1.29, 1.82) is 0 Å². The van der Waals surface area contributed by atoms with Crippen LogP contribution in [0.3, 0.4) is 0 Å². The zero-order valence-electron chi connectivity index (χ0n) is 18.1. The van der Waals surface area contributed by atoms with Crippen LogP contribution in [0.25, 0.3) is 6.08 Å². The maximum absolute atomic E-state index is 13.1. The van der Waals surface area contributed by atoms with Gasteiger partial charge < -0.3 is 10.0 Å². The van der Waals surface area contributed by atoms with Gasteiger partial charge in [-0.1, -0.05) is 64.6 Å². The van der Waals surface area contributed by atoms with E-state index in [9.17, 15) is 14.7 Å². The fourth-order valence-corrected chi connectivity index (χ4v) is 4.35. The van der Waals surface area contributed by atoms with Crippen molar-refractivity contribution in [2.45, 2.75) is 17.3 Å². The van der Waals surface area contributed by atoms with Gasteiger partial charge in [0.2, 0.25) is 0 Å². The van der Waals surface area contributed by atoms with Gasteiger partial charge in [-0.2, -0.15) is 0 Å². The second kappa shape index (κ2) is 9.76. The number of hydrogen-bond donors (Lipinski definition) is 2. The summed E-state index contributed by atoms with van der Waals surface area (Å²) in [5.41, 5.74) is 6.01. The molecule has 7 heteroatoms. The van der Waals surface area contributed by atoms with Gasteiger partial charge in [0.15, 0.2) is 0 Å². The number of carboxylic acids is 1. The van der Waals surface area contributed by atoms with E-state index in [2.05, 4.69) is 36.1 Å². The molecule has 3 aromatic rings. The van der Waals surface area contributed by atoms with E-state index >= 15 is 0 Å². The summed E-state index contributed by atoms with van der Waals surface area (Å²) in [4.78, 5) is 27.2. The Morgan fingerprint density at radius 1 is 1.09 bits per heavy atom. The molecule has 3 aromatic carbocycles. The van der Waals surface area contributed by atoms with Crippen molar-refractivity contribution in [3.05, 3.63) is 95.1 Å². The molecular weight excluding hydrogens is 529 g/mol. The van der Waals surface area contributed by atoms with Crippen molar-refractivity contribution in [2.24, 2.45) is 5.84 Å². The van der Waals surface area contributed by atoms with Gasteiger partial charge in [-0.05, 0) is 66.9 Å². The lowest BCUT2D eigenvalue weighted by molar-refractivity contribution is -0.136. The first kappa shape index (κ1) is 23.0. The molecule has 0 spiro atoms. The second-order valence-electron chi connectivity index (χ2n) is 7.94. The number of para-hydroxylation sites is 1. The number of nitrogens with two attached hydrogens (primary N) is 1. The number of anilines is 3. The van der Waals surface area contributed by atoms with E-state index in [0.717, 1.165) is 40.5 Å². The van der Waals surface area contributed by atoms with Crippen LogP contribution in [0.2, 0.25) is 0 Å². The number of benzene rings is 3. The van der Waals surface area contributed by atoms with E-state index in [1.54, 1.807) is 52.9 Å². The molecule has 3 N–H and O–H groups in total. The number of carbonyl (C=O) groups excluding carboxylic acids is 1. The highest BCUT2D eigenvalue weighted by Crippen LogP contribution is 2.35. The van der Waals surface area contributed by atoms with Crippen molar-refractivity contribution in [1.82, 2.24) is 0 Å². The van der Waals surface area contributed by atoms with Gasteiger partial charge in [-0.15, -0.1) is 0 Å². The number of carbonyl (C=O) groups is 2. The van der Waals surface area contributed by atoms with E-state index in [0.29, 0.717) is 5.69 Å². The minimum absolute atomic E-state index is 0.114. The number of nitrogens with zero attached hydrogens (tertiary/aromatic N) is 2. The van der Waals surface area contributed by atoms with Crippen molar-refractivity contribution in [3.63, 3.8) is 0 Å². The number of rotatable bonds is 6. The van der Waals surface area contributed by atoms with Crippen LogP contribution in [-0.4, -0.2) is 27.5 Å². The molecule has 1 aliphatic heterocycles. The monoisotopic (exact) mass is 553 g/mol. The van der Waals surface area contributed by atoms with Gasteiger partial charge in [0.25, 0.3) is 5.91 Å². The number of alkyl halides is 1. The number of halogens is 1. The fourth-order valence-electron chi connectivity index (χ4n) is 3.91. The van der Waals surface area contributed by atoms with Gasteiger partial charge in [0.05, 0.1) is 5.69 Å². The SMILES string of the molecule is Cc1ccc(N2CCc3cc(/C=C(\C(=O)N(N)c4ccccc4)C(I)C(=O)O)ccc32)cc1. The number of fused-ring (bicyclic) bond motifs is 1. The van der Waals surface area contributed by atoms with E-state index < -0.39 is 15.8 Å². The van der Waals surface area contributed by atoms with Crippen LogP contribution in [0.15, 0.2) is 78.4 Å². The highest BCUT2D eigenvalue weighted by Gasteiger charge is 2.28. The minimum Gasteiger partial charge on any atom is -0.480 e. The third-order valence-corrected chi connectivity index (χ3v) is 6.86. The van der Waals surface area contributed by atoms with E-state index in [-0.39, 0.29) is 5.57 Å². The number of amides is 1. The summed E-state index contributed by atoms with van der Waals surface area (Å²) < 4.78 is -1.04. The normalized spacial score (nSPS) is 14.0. The highest BCUT2D eigenvalue weighted by molar-refractivity contribution is 14.1. The van der Waals surface area contributed by atoms with Crippen LogP contribution in [-0.2, 0) is 16.0 Å². The van der Waals surface area contributed by atoms with Gasteiger partial charge >= 0.3 is 5.97 Å². The lowest BCUT2D eigenvalue weighted by atomic mass is 10.0. The van der Waals surface area contributed by atoms with Crippen molar-refractivity contribution < 1.29 is 14.7 Å². The maximum atomic E-state index is 13.1. The molecule has 0 radical (unpaired) electrons. The molecule has 33 heavy (non-hydrogen) atoms. The van der Waals surface area contributed by atoms with Gasteiger partial charge in [0.1, 0.15) is 3.92 Å². The predicted molar refractivity (Wildman–Crippen MR) is 140 cm³/mol. The molecule has 1 unspecified atom stereocenters. The summed E-state index contributed by atoms with van der Waals surface area (Å²) in [7, 11) is 0. The molecule has 0 bridgehead atoms. The van der Waals surface area contributed by atoms with Crippen LogP contribution in [0.4, 0.5) is 17.1 Å². The number of hydrazine groups is 1. The van der Waals surface area contributed by atoms with Gasteiger partial charge in [-0.25, -0.2) is 10.9 Å². The number of aliphatic carboxylic acids is 1. The Labute approximate surface area is 206 Å². The average molecular weight is 553 g/mol. The van der Waals surface area contributed by atoms with Crippen LogP contribution in [0.5, 0.6) is 0 Å². The molecule has 1 atom stereocenters. The predicted octanol–water partition coefficient (Wildman–Crippen LogP) is 4.87. The Kier molecular flexibility index (Phi) is 6.80. The number of aryl methyl sites for hydroxylation is 1. The Hall–Kier alpha value is -3.17. The smallest absolute Gasteiger partial charge is 0.321 e. The molecule has 0 aliphatic carbocycles. The molecule has 1 amide bonds. The maximum Gasteiger partial charge on any atom is 0.321 e. The average Bonchev–Trinajstić information content (AvgIpc) is 3.25. The number of carboxylic acid groups (broad SMARTS) is 1. The number of hydrogen-bond acceptors (Lipinski definition) is 4. The molecule has 0 saturated heterocycles. The Balaban J connectivity index is 1.66. The summed E-state index contributed by atoms with van der Waals surface area (Å²) in [5, 5.41) is 10.6. The Morgan fingerprint density at radius 2 is 1.79 bits per heavy atom. The molecule has 0 fully saturated rings. The van der Waals surface area contributed by atoms with E-state index in [1.807, 2.05) is 24.3 Å². The molecule has 1 aliphatic rings. The van der Waals surface area contributed by atoms with E-state index in [1.165, 1.54) is 5.56 Å². The lowest BCUT2D eigenvalue weighted by Gasteiger charge is -2.21. The molecule has 1 heterocycles. The van der Waals surface area contributed by atoms with Gasteiger partial charge in [-0.3, -0.25) is 9.59 Å². The molecule has 6 nitrogen and oxygen atoms in total. The minimum atomic E-state index is -1.09. The standard InChI is InChI=1S/C26H24IN3O3/c1-17-7-10-20(11-8-17)29-14-13-19-15-18(9-12-23(19)29)16-22(24(27)26(32)33)25(31)30(28)21-5-3-2-4-6-21/h2-12,15-16,24H,13-14,28H2,1H3,(H,32,33)/b22-16-. The summed E-state index contributed by atoms with van der Waals surface area (Å²) in [6.45, 7) is 2.93. The topological polar surface area (TPSA) is 86.9 Å². The first-order valence-electron chi connectivity index (χ1n) is 10.5. The Morgan fingerprint density at radius 3 is 2.45 bits per heavy atom. The van der Waals surface area contributed by atoms with Crippen LogP contribution in [0.1, 0.15) is 16.7 Å². The molecule has 168 valence electrons. The summed E-state index contributed by atoms with van der Waals surface area (Å²) in [5.74, 6) is 4.41. The molecular formula is C26H24IN3O3. The zero-order valence-corrected chi connectivity index (χ0v) is 20.3. The second-order valence-corrected chi connectivity index (χ2v) is 9.18. The molecule has 0 aromatic heterocycles. The van der Waals surface area contributed by atoms with Crippen molar-refractivity contribution >= 4 is 57.6 Å². The largest absolute Gasteiger partial charge is 0.480 e. The van der Waals surface area contributed by atoms with Crippen molar-refractivity contribution in [3.8, 4) is 0 Å².